The molecule has 1 heterocycles. The first-order valence-electron chi connectivity index (χ1n) is 6.76. The van der Waals surface area contributed by atoms with E-state index in [0.717, 1.165) is 11.3 Å². The molecule has 1 unspecified atom stereocenters. The van der Waals surface area contributed by atoms with Gasteiger partial charge in [0, 0.05) is 13.1 Å². The standard InChI is InChI=1S/C15H19NO4/c1-11-2-4-13(5-3-11)20-9-7-14(17)16-8-6-12(10-16)15(18)19/h2-5,12H,6-10H2,1H3,(H,18,19). The van der Waals surface area contributed by atoms with Crippen LogP contribution in [0.15, 0.2) is 24.3 Å². The predicted octanol–water partition coefficient (Wildman–Crippen LogP) is 1.70. The summed E-state index contributed by atoms with van der Waals surface area (Å²) < 4.78 is 5.50. The molecule has 5 nitrogen and oxygen atoms in total. The van der Waals surface area contributed by atoms with Crippen LogP contribution in [0, 0.1) is 12.8 Å². The Balaban J connectivity index is 1.73. The van der Waals surface area contributed by atoms with E-state index in [1.165, 1.54) is 0 Å². The number of benzene rings is 1. The summed E-state index contributed by atoms with van der Waals surface area (Å²) in [6.45, 7) is 3.16. The SMILES string of the molecule is Cc1ccc(OCCC(=O)N2CCC(C(=O)O)C2)cc1. The van der Waals surface area contributed by atoms with Crippen molar-refractivity contribution in [3.8, 4) is 5.75 Å². The van der Waals surface area contributed by atoms with Gasteiger partial charge in [0.1, 0.15) is 5.75 Å². The molecule has 0 aliphatic carbocycles. The van der Waals surface area contributed by atoms with Crippen LogP contribution in [-0.4, -0.2) is 41.6 Å². The lowest BCUT2D eigenvalue weighted by atomic mass is 10.1. The molecule has 0 spiro atoms. The summed E-state index contributed by atoms with van der Waals surface area (Å²) in [4.78, 5) is 24.4. The maximum Gasteiger partial charge on any atom is 0.308 e. The molecular weight excluding hydrogens is 258 g/mol. The summed E-state index contributed by atoms with van der Waals surface area (Å²) in [5.74, 6) is -0.540. The maximum absolute atomic E-state index is 11.9. The number of amides is 1. The van der Waals surface area contributed by atoms with Gasteiger partial charge in [-0.2, -0.15) is 0 Å². The van der Waals surface area contributed by atoms with E-state index in [-0.39, 0.29) is 12.3 Å². The Morgan fingerprint density at radius 2 is 2.05 bits per heavy atom. The number of hydrogen-bond acceptors (Lipinski definition) is 3. The summed E-state index contributed by atoms with van der Waals surface area (Å²) in [5.41, 5.74) is 1.16. The number of rotatable bonds is 5. The molecule has 1 fully saturated rings. The van der Waals surface area contributed by atoms with Crippen molar-refractivity contribution in [2.45, 2.75) is 19.8 Å². The summed E-state index contributed by atoms with van der Waals surface area (Å²) in [5, 5.41) is 8.90. The van der Waals surface area contributed by atoms with Gasteiger partial charge in [0.05, 0.1) is 18.9 Å². The van der Waals surface area contributed by atoms with Gasteiger partial charge in [0.25, 0.3) is 0 Å². The highest BCUT2D eigenvalue weighted by Crippen LogP contribution is 2.17. The monoisotopic (exact) mass is 277 g/mol. The summed E-state index contributed by atoms with van der Waals surface area (Å²) in [6.07, 6.45) is 0.820. The highest BCUT2D eigenvalue weighted by Gasteiger charge is 2.30. The molecule has 1 N–H and O–H groups in total. The Kier molecular flexibility index (Phi) is 4.61. The molecule has 0 bridgehead atoms. The number of hydrogen-bond donors (Lipinski definition) is 1. The van der Waals surface area contributed by atoms with Crippen LogP contribution in [0.5, 0.6) is 5.75 Å². The Bertz CT molecular complexity index is 483. The zero-order valence-corrected chi connectivity index (χ0v) is 11.5. The second-order valence-corrected chi connectivity index (χ2v) is 5.08. The lowest BCUT2D eigenvalue weighted by Crippen LogP contribution is -2.30. The van der Waals surface area contributed by atoms with Crippen molar-refractivity contribution in [1.29, 1.82) is 0 Å². The van der Waals surface area contributed by atoms with Crippen LogP contribution in [-0.2, 0) is 9.59 Å². The van der Waals surface area contributed by atoms with Crippen molar-refractivity contribution < 1.29 is 19.4 Å². The van der Waals surface area contributed by atoms with Crippen LogP contribution in [0.4, 0.5) is 0 Å². The average Bonchev–Trinajstić information content (AvgIpc) is 2.91. The van der Waals surface area contributed by atoms with E-state index >= 15 is 0 Å². The first-order chi connectivity index (χ1) is 9.56. The summed E-state index contributed by atoms with van der Waals surface area (Å²) in [7, 11) is 0. The number of nitrogens with zero attached hydrogens (tertiary/aromatic N) is 1. The lowest BCUT2D eigenvalue weighted by Gasteiger charge is -2.16. The quantitative estimate of drug-likeness (QED) is 0.889. The van der Waals surface area contributed by atoms with Crippen molar-refractivity contribution >= 4 is 11.9 Å². The maximum atomic E-state index is 11.9. The van der Waals surface area contributed by atoms with Crippen molar-refractivity contribution in [1.82, 2.24) is 4.90 Å². The molecule has 20 heavy (non-hydrogen) atoms. The van der Waals surface area contributed by atoms with Gasteiger partial charge in [-0.1, -0.05) is 17.7 Å². The van der Waals surface area contributed by atoms with E-state index in [1.54, 1.807) is 4.90 Å². The fraction of sp³-hybridized carbons (Fsp3) is 0.467. The van der Waals surface area contributed by atoms with E-state index in [9.17, 15) is 9.59 Å². The van der Waals surface area contributed by atoms with Gasteiger partial charge >= 0.3 is 5.97 Å². The van der Waals surface area contributed by atoms with E-state index in [0.29, 0.717) is 26.1 Å². The molecule has 1 saturated heterocycles. The minimum absolute atomic E-state index is 0.0409. The number of likely N-dealkylation sites (tertiary alicyclic amines) is 1. The van der Waals surface area contributed by atoms with Crippen LogP contribution in [0.1, 0.15) is 18.4 Å². The fourth-order valence-electron chi connectivity index (χ4n) is 2.24. The molecule has 0 aromatic heterocycles. The third kappa shape index (κ3) is 3.73. The van der Waals surface area contributed by atoms with Gasteiger partial charge in [0.15, 0.2) is 0 Å². The Labute approximate surface area is 118 Å². The highest BCUT2D eigenvalue weighted by molar-refractivity contribution is 5.78. The molecule has 1 amide bonds. The molecule has 0 saturated carbocycles. The zero-order chi connectivity index (χ0) is 14.5. The Morgan fingerprint density at radius 1 is 1.35 bits per heavy atom. The Hall–Kier alpha value is -2.04. The van der Waals surface area contributed by atoms with Crippen LogP contribution in [0.25, 0.3) is 0 Å². The minimum atomic E-state index is -0.823. The molecule has 1 aromatic rings. The number of ether oxygens (including phenoxy) is 1. The fourth-order valence-corrected chi connectivity index (χ4v) is 2.24. The number of carbonyl (C=O) groups excluding carboxylic acids is 1. The third-order valence-electron chi connectivity index (χ3n) is 3.50. The van der Waals surface area contributed by atoms with Crippen molar-refractivity contribution in [3.05, 3.63) is 29.8 Å². The Morgan fingerprint density at radius 3 is 2.65 bits per heavy atom. The van der Waals surface area contributed by atoms with E-state index < -0.39 is 11.9 Å². The number of carboxylic acid groups (broad SMARTS) is 1. The second kappa shape index (κ2) is 6.41. The molecule has 1 aliphatic rings. The lowest BCUT2D eigenvalue weighted by molar-refractivity contribution is -0.141. The molecule has 108 valence electrons. The molecule has 1 aliphatic heterocycles. The van der Waals surface area contributed by atoms with E-state index in [4.69, 9.17) is 9.84 Å². The topological polar surface area (TPSA) is 66.8 Å². The minimum Gasteiger partial charge on any atom is -0.493 e. The van der Waals surface area contributed by atoms with Gasteiger partial charge < -0.3 is 14.7 Å². The molecule has 1 aromatic carbocycles. The summed E-state index contributed by atoms with van der Waals surface area (Å²) in [6, 6.07) is 7.65. The van der Waals surface area contributed by atoms with Crippen molar-refractivity contribution in [2.24, 2.45) is 5.92 Å². The van der Waals surface area contributed by atoms with Gasteiger partial charge in [-0.25, -0.2) is 0 Å². The molecule has 0 radical (unpaired) electrons. The molecule has 2 rings (SSSR count). The van der Waals surface area contributed by atoms with Gasteiger partial charge in [-0.15, -0.1) is 0 Å². The summed E-state index contributed by atoms with van der Waals surface area (Å²) >= 11 is 0. The highest BCUT2D eigenvalue weighted by atomic mass is 16.5. The van der Waals surface area contributed by atoms with Crippen molar-refractivity contribution in [3.63, 3.8) is 0 Å². The molecule has 5 heteroatoms. The van der Waals surface area contributed by atoms with Crippen LogP contribution < -0.4 is 4.74 Å². The third-order valence-corrected chi connectivity index (χ3v) is 3.50. The van der Waals surface area contributed by atoms with E-state index in [2.05, 4.69) is 0 Å². The molecule has 1 atom stereocenters. The zero-order valence-electron chi connectivity index (χ0n) is 11.5. The number of carbonyl (C=O) groups is 2. The predicted molar refractivity (Wildman–Crippen MR) is 73.6 cm³/mol. The second-order valence-electron chi connectivity index (χ2n) is 5.08. The van der Waals surface area contributed by atoms with Crippen LogP contribution in [0.3, 0.4) is 0 Å². The van der Waals surface area contributed by atoms with Gasteiger partial charge in [-0.05, 0) is 25.5 Å². The first kappa shape index (κ1) is 14.4. The van der Waals surface area contributed by atoms with Gasteiger partial charge in [-0.3, -0.25) is 9.59 Å². The number of carboxylic acids is 1. The normalized spacial score (nSPS) is 18.1. The average molecular weight is 277 g/mol. The van der Waals surface area contributed by atoms with Crippen LogP contribution in [0.2, 0.25) is 0 Å². The largest absolute Gasteiger partial charge is 0.493 e. The van der Waals surface area contributed by atoms with Gasteiger partial charge in [0.2, 0.25) is 5.91 Å². The number of aliphatic carboxylic acids is 1. The first-order valence-corrected chi connectivity index (χ1v) is 6.76. The molecular formula is C15H19NO4. The van der Waals surface area contributed by atoms with Crippen molar-refractivity contribution in [2.75, 3.05) is 19.7 Å². The number of aryl methyl sites for hydroxylation is 1. The van der Waals surface area contributed by atoms with E-state index in [1.807, 2.05) is 31.2 Å². The van der Waals surface area contributed by atoms with Crippen LogP contribution >= 0.6 is 0 Å². The smallest absolute Gasteiger partial charge is 0.308 e.